The van der Waals surface area contributed by atoms with Crippen molar-refractivity contribution in [2.45, 2.75) is 0 Å². The number of rotatable bonds is 4. The van der Waals surface area contributed by atoms with Crippen molar-refractivity contribution in [2.75, 3.05) is 36.5 Å². The van der Waals surface area contributed by atoms with Crippen LogP contribution in [-0.2, 0) is 4.74 Å². The summed E-state index contributed by atoms with van der Waals surface area (Å²) in [6.07, 6.45) is 1.66. The van der Waals surface area contributed by atoms with Gasteiger partial charge >= 0.3 is 0 Å². The second-order valence-electron chi connectivity index (χ2n) is 7.53. The van der Waals surface area contributed by atoms with Gasteiger partial charge in [-0.05, 0) is 30.3 Å². The summed E-state index contributed by atoms with van der Waals surface area (Å²) in [5.41, 5.74) is 2.65. The molecular weight excluding hydrogens is 432 g/mol. The minimum absolute atomic E-state index is 0.318. The van der Waals surface area contributed by atoms with Gasteiger partial charge in [-0.3, -0.25) is 5.10 Å². The Balaban J connectivity index is 1.40. The van der Waals surface area contributed by atoms with E-state index in [2.05, 4.69) is 35.4 Å². The predicted molar refractivity (Wildman–Crippen MR) is 117 cm³/mol. The number of nitrogens with zero attached hydrogens (tertiary/aromatic N) is 5. The normalized spacial score (nSPS) is 14.3. The predicted octanol–water partition coefficient (Wildman–Crippen LogP) is 4.02. The molecule has 1 aromatic carbocycles. The van der Waals surface area contributed by atoms with Gasteiger partial charge in [-0.2, -0.15) is 10.1 Å². The number of nitrogens with one attached hydrogen (secondary N) is 2. The van der Waals surface area contributed by atoms with Crippen molar-refractivity contribution in [3.8, 4) is 11.3 Å². The number of aromatic amines is 1. The van der Waals surface area contributed by atoms with Crippen molar-refractivity contribution < 1.29 is 17.9 Å². The number of benzene rings is 1. The Hall–Kier alpha value is -4.12. The molecule has 0 bridgehead atoms. The molecule has 1 aliphatic heterocycles. The van der Waals surface area contributed by atoms with Gasteiger partial charge in [0.25, 0.3) is 0 Å². The zero-order valence-electron chi connectivity index (χ0n) is 17.2. The van der Waals surface area contributed by atoms with Crippen LogP contribution in [0.3, 0.4) is 0 Å². The molecule has 0 unspecified atom stereocenters. The zero-order valence-corrected chi connectivity index (χ0v) is 17.2. The molecule has 6 rings (SSSR count). The van der Waals surface area contributed by atoms with Crippen molar-refractivity contribution in [3.63, 3.8) is 0 Å². The maximum absolute atomic E-state index is 13.6. The summed E-state index contributed by atoms with van der Waals surface area (Å²) in [5, 5.41) is 10.9. The number of aromatic nitrogens is 5. The van der Waals surface area contributed by atoms with Crippen molar-refractivity contribution in [2.24, 2.45) is 0 Å². The fourth-order valence-corrected chi connectivity index (χ4v) is 3.82. The quantitative estimate of drug-likeness (QED) is 0.424. The molecule has 0 atom stereocenters. The van der Waals surface area contributed by atoms with Gasteiger partial charge in [0.2, 0.25) is 11.7 Å². The highest BCUT2D eigenvalue weighted by Crippen LogP contribution is 2.34. The maximum atomic E-state index is 13.6. The van der Waals surface area contributed by atoms with Gasteiger partial charge in [0.15, 0.2) is 28.9 Å². The van der Waals surface area contributed by atoms with Crippen LogP contribution in [0.25, 0.3) is 33.5 Å². The maximum Gasteiger partial charge on any atom is 0.231 e. The Morgan fingerprint density at radius 2 is 1.91 bits per heavy atom. The first-order valence-electron chi connectivity index (χ1n) is 10.3. The third kappa shape index (κ3) is 3.52. The van der Waals surface area contributed by atoms with E-state index in [9.17, 15) is 8.78 Å². The van der Waals surface area contributed by atoms with Crippen LogP contribution in [0.15, 0.2) is 47.0 Å². The van der Waals surface area contributed by atoms with E-state index in [0.29, 0.717) is 72.0 Å². The first kappa shape index (κ1) is 19.6. The number of H-pyrrole nitrogens is 1. The second-order valence-corrected chi connectivity index (χ2v) is 7.53. The summed E-state index contributed by atoms with van der Waals surface area (Å²) in [6, 6.07) is 9.04. The molecule has 0 radical (unpaired) electrons. The molecule has 0 saturated carbocycles. The second kappa shape index (κ2) is 7.78. The molecule has 4 aromatic heterocycles. The third-order valence-electron chi connectivity index (χ3n) is 5.43. The number of pyridine rings is 1. The van der Waals surface area contributed by atoms with Gasteiger partial charge in [-0.25, -0.2) is 18.7 Å². The van der Waals surface area contributed by atoms with Crippen LogP contribution in [-0.4, -0.2) is 51.5 Å². The number of halogens is 2. The summed E-state index contributed by atoms with van der Waals surface area (Å²) >= 11 is 0. The fraction of sp³-hybridized carbons (Fsp3) is 0.182. The Morgan fingerprint density at radius 1 is 1.03 bits per heavy atom. The molecule has 1 aliphatic rings. The van der Waals surface area contributed by atoms with Crippen LogP contribution in [0, 0.1) is 11.6 Å². The Morgan fingerprint density at radius 3 is 2.76 bits per heavy atom. The van der Waals surface area contributed by atoms with Crippen LogP contribution in [0.4, 0.5) is 26.4 Å². The van der Waals surface area contributed by atoms with Gasteiger partial charge in [0.05, 0.1) is 24.3 Å². The average molecular weight is 449 g/mol. The minimum atomic E-state index is -0.930. The van der Waals surface area contributed by atoms with Gasteiger partial charge in [-0.15, -0.1) is 0 Å². The van der Waals surface area contributed by atoms with Crippen LogP contribution < -0.4 is 10.2 Å². The molecule has 5 aromatic rings. The standard InChI is InChI=1S/C22H17F2N7O2/c23-14-4-3-12(10-15(14)24)16-11-17(30-29-16)26-22-27-18-13-2-1-5-25-21(13)33-19(18)20(28-22)31-6-8-32-9-7-31/h1-5,10-11H,6-9H2,(H2,26,27,28,29,30). The van der Waals surface area contributed by atoms with Gasteiger partial charge in [0.1, 0.15) is 5.52 Å². The van der Waals surface area contributed by atoms with E-state index in [0.717, 1.165) is 17.5 Å². The van der Waals surface area contributed by atoms with Gasteiger partial charge < -0.3 is 19.4 Å². The number of furan rings is 1. The lowest BCUT2D eigenvalue weighted by atomic mass is 10.1. The average Bonchev–Trinajstić information content (AvgIpc) is 3.46. The van der Waals surface area contributed by atoms with Crippen LogP contribution >= 0.6 is 0 Å². The Kier molecular flexibility index (Phi) is 4.61. The monoisotopic (exact) mass is 449 g/mol. The number of ether oxygens (including phenoxy) is 1. The molecule has 166 valence electrons. The lowest BCUT2D eigenvalue weighted by Gasteiger charge is -2.27. The summed E-state index contributed by atoms with van der Waals surface area (Å²) in [4.78, 5) is 15.7. The van der Waals surface area contributed by atoms with E-state index in [1.165, 1.54) is 6.07 Å². The number of hydrogen-bond donors (Lipinski definition) is 2. The lowest BCUT2D eigenvalue weighted by Crippen LogP contribution is -2.37. The largest absolute Gasteiger partial charge is 0.432 e. The molecular formula is C22H17F2N7O2. The van der Waals surface area contributed by atoms with E-state index in [4.69, 9.17) is 9.15 Å². The summed E-state index contributed by atoms with van der Waals surface area (Å²) in [5.74, 6) is -0.455. The van der Waals surface area contributed by atoms with E-state index in [-0.39, 0.29) is 0 Å². The van der Waals surface area contributed by atoms with Crippen molar-refractivity contribution in [1.29, 1.82) is 0 Å². The van der Waals surface area contributed by atoms with E-state index in [1.54, 1.807) is 12.3 Å². The topological polar surface area (TPSA) is 105 Å². The first-order valence-corrected chi connectivity index (χ1v) is 10.3. The van der Waals surface area contributed by atoms with Crippen LogP contribution in [0.5, 0.6) is 0 Å². The van der Waals surface area contributed by atoms with Crippen molar-refractivity contribution in [3.05, 3.63) is 54.2 Å². The minimum Gasteiger partial charge on any atom is -0.432 e. The molecule has 9 nitrogen and oxygen atoms in total. The molecule has 1 fully saturated rings. The number of morpholine rings is 1. The fourth-order valence-electron chi connectivity index (χ4n) is 3.82. The third-order valence-corrected chi connectivity index (χ3v) is 5.43. The number of fused-ring (bicyclic) bond motifs is 3. The summed E-state index contributed by atoms with van der Waals surface area (Å²) < 4.78 is 38.3. The highest BCUT2D eigenvalue weighted by molar-refractivity contribution is 6.05. The molecule has 0 aliphatic carbocycles. The van der Waals surface area contributed by atoms with E-state index in [1.807, 2.05) is 12.1 Å². The lowest BCUT2D eigenvalue weighted by molar-refractivity contribution is 0.122. The smallest absolute Gasteiger partial charge is 0.231 e. The van der Waals surface area contributed by atoms with Crippen molar-refractivity contribution >= 4 is 39.8 Å². The van der Waals surface area contributed by atoms with Gasteiger partial charge in [0, 0.05) is 30.9 Å². The molecule has 11 heteroatoms. The van der Waals surface area contributed by atoms with E-state index < -0.39 is 11.6 Å². The SMILES string of the molecule is Fc1ccc(-c2cc(Nc3nc(N4CCOCC4)c4oc5ncccc5c4n3)n[nH]2)cc1F. The Bertz CT molecular complexity index is 1480. The van der Waals surface area contributed by atoms with E-state index >= 15 is 0 Å². The molecule has 0 amide bonds. The van der Waals surface area contributed by atoms with Crippen LogP contribution in [0.2, 0.25) is 0 Å². The highest BCUT2D eigenvalue weighted by Gasteiger charge is 2.22. The number of hydrogen-bond acceptors (Lipinski definition) is 8. The molecule has 2 N–H and O–H groups in total. The summed E-state index contributed by atoms with van der Waals surface area (Å²) in [6.45, 7) is 2.50. The van der Waals surface area contributed by atoms with Crippen molar-refractivity contribution in [1.82, 2.24) is 25.1 Å². The highest BCUT2D eigenvalue weighted by atomic mass is 19.2. The molecule has 0 spiro atoms. The summed E-state index contributed by atoms with van der Waals surface area (Å²) in [7, 11) is 0. The molecule has 33 heavy (non-hydrogen) atoms. The first-order chi connectivity index (χ1) is 16.2. The van der Waals surface area contributed by atoms with Crippen LogP contribution in [0.1, 0.15) is 0 Å². The van der Waals surface area contributed by atoms with Gasteiger partial charge in [-0.1, -0.05) is 0 Å². The molecule has 1 saturated heterocycles. The Labute approximate surface area is 185 Å². The zero-order chi connectivity index (χ0) is 22.4. The number of anilines is 3. The molecule has 5 heterocycles.